The molecular formula is C11H16IN5S. The summed E-state index contributed by atoms with van der Waals surface area (Å²) in [4.78, 5) is 5.44. The van der Waals surface area contributed by atoms with Crippen molar-refractivity contribution in [1.82, 2.24) is 20.8 Å². The number of H-pyrrole nitrogens is 1. The Morgan fingerprint density at radius 1 is 1.39 bits per heavy atom. The van der Waals surface area contributed by atoms with Crippen LogP contribution in [0, 0.1) is 0 Å². The van der Waals surface area contributed by atoms with Crippen molar-refractivity contribution in [3.63, 3.8) is 0 Å². The van der Waals surface area contributed by atoms with Gasteiger partial charge in [-0.2, -0.15) is 5.10 Å². The number of guanidine groups is 1. The van der Waals surface area contributed by atoms with E-state index < -0.39 is 0 Å². The van der Waals surface area contributed by atoms with Gasteiger partial charge in [0.05, 0.1) is 18.8 Å². The van der Waals surface area contributed by atoms with E-state index >= 15 is 0 Å². The molecule has 2 heterocycles. The van der Waals surface area contributed by atoms with E-state index in [1.54, 1.807) is 24.6 Å². The van der Waals surface area contributed by atoms with Crippen molar-refractivity contribution in [3.8, 4) is 0 Å². The molecule has 98 valence electrons. The maximum Gasteiger partial charge on any atom is 0.191 e. The molecule has 0 amide bonds. The summed E-state index contributed by atoms with van der Waals surface area (Å²) in [5, 5.41) is 15.3. The molecule has 0 atom stereocenters. The van der Waals surface area contributed by atoms with Crippen LogP contribution >= 0.6 is 35.3 Å². The van der Waals surface area contributed by atoms with Crippen LogP contribution in [0.25, 0.3) is 0 Å². The van der Waals surface area contributed by atoms with E-state index in [1.807, 2.05) is 12.1 Å². The summed E-state index contributed by atoms with van der Waals surface area (Å²) in [7, 11) is 1.76. The van der Waals surface area contributed by atoms with Gasteiger partial charge in [0.2, 0.25) is 0 Å². The normalized spacial score (nSPS) is 10.8. The van der Waals surface area contributed by atoms with Crippen molar-refractivity contribution in [2.24, 2.45) is 4.99 Å². The fraction of sp³-hybridized carbons (Fsp3) is 0.273. The number of rotatable bonds is 4. The number of thiophene rings is 1. The molecule has 0 saturated heterocycles. The van der Waals surface area contributed by atoms with E-state index in [-0.39, 0.29) is 24.0 Å². The van der Waals surface area contributed by atoms with Crippen LogP contribution in [0.3, 0.4) is 0 Å². The molecule has 0 aliphatic carbocycles. The number of aromatic nitrogens is 2. The van der Waals surface area contributed by atoms with Gasteiger partial charge in [-0.05, 0) is 17.5 Å². The predicted octanol–water partition coefficient (Wildman–Crippen LogP) is 1.95. The Morgan fingerprint density at radius 3 is 2.83 bits per heavy atom. The van der Waals surface area contributed by atoms with Gasteiger partial charge in [0.1, 0.15) is 0 Å². The first-order chi connectivity index (χ1) is 8.38. The highest BCUT2D eigenvalue weighted by Crippen LogP contribution is 2.07. The fourth-order valence-corrected chi connectivity index (χ4v) is 2.01. The van der Waals surface area contributed by atoms with Gasteiger partial charge in [0, 0.05) is 18.1 Å². The minimum absolute atomic E-state index is 0. The summed E-state index contributed by atoms with van der Waals surface area (Å²) in [5.74, 6) is 0.785. The molecule has 0 saturated carbocycles. The lowest BCUT2D eigenvalue weighted by Crippen LogP contribution is -2.36. The lowest BCUT2D eigenvalue weighted by Gasteiger charge is -2.10. The highest BCUT2D eigenvalue weighted by Gasteiger charge is 1.99. The fourth-order valence-electron chi connectivity index (χ4n) is 1.37. The Labute approximate surface area is 127 Å². The first kappa shape index (κ1) is 15.0. The molecule has 0 radical (unpaired) electrons. The molecule has 18 heavy (non-hydrogen) atoms. The Hall–Kier alpha value is -1.09. The summed E-state index contributed by atoms with van der Waals surface area (Å²) >= 11 is 1.73. The largest absolute Gasteiger partial charge is 0.352 e. The molecule has 0 spiro atoms. The molecule has 0 bridgehead atoms. The highest BCUT2D eigenvalue weighted by atomic mass is 127. The Balaban J connectivity index is 0.00000162. The molecule has 5 nitrogen and oxygen atoms in total. The number of hydrogen-bond acceptors (Lipinski definition) is 3. The zero-order valence-electron chi connectivity index (χ0n) is 10.0. The quantitative estimate of drug-likeness (QED) is 0.434. The number of nitrogens with one attached hydrogen (secondary N) is 3. The van der Waals surface area contributed by atoms with E-state index in [2.05, 4.69) is 37.3 Å². The van der Waals surface area contributed by atoms with Gasteiger partial charge in [-0.3, -0.25) is 10.1 Å². The van der Waals surface area contributed by atoms with E-state index in [0.717, 1.165) is 18.2 Å². The maximum atomic E-state index is 4.15. The molecule has 2 aromatic heterocycles. The van der Waals surface area contributed by atoms with Gasteiger partial charge in [0.15, 0.2) is 5.96 Å². The second-order valence-electron chi connectivity index (χ2n) is 3.44. The van der Waals surface area contributed by atoms with Crippen LogP contribution in [0.5, 0.6) is 0 Å². The lowest BCUT2D eigenvalue weighted by atomic mass is 10.4. The van der Waals surface area contributed by atoms with Gasteiger partial charge in [-0.1, -0.05) is 6.07 Å². The molecule has 2 rings (SSSR count). The first-order valence-electron chi connectivity index (χ1n) is 5.33. The number of halogens is 1. The maximum absolute atomic E-state index is 4.15. The Morgan fingerprint density at radius 2 is 2.22 bits per heavy atom. The van der Waals surface area contributed by atoms with Crippen molar-refractivity contribution in [2.75, 3.05) is 7.05 Å². The molecule has 0 aliphatic rings. The van der Waals surface area contributed by atoms with Crippen molar-refractivity contribution in [2.45, 2.75) is 13.1 Å². The van der Waals surface area contributed by atoms with Crippen molar-refractivity contribution in [1.29, 1.82) is 0 Å². The summed E-state index contributed by atoms with van der Waals surface area (Å²) in [6.07, 6.45) is 1.73. The lowest BCUT2D eigenvalue weighted by molar-refractivity contribution is 0.794. The second-order valence-corrected chi connectivity index (χ2v) is 4.47. The Bertz CT molecular complexity index is 412. The monoisotopic (exact) mass is 377 g/mol. The minimum atomic E-state index is 0. The first-order valence-corrected chi connectivity index (χ1v) is 6.21. The van der Waals surface area contributed by atoms with Crippen LogP contribution in [0.15, 0.2) is 34.8 Å². The van der Waals surface area contributed by atoms with Crippen LogP contribution in [0.1, 0.15) is 10.6 Å². The highest BCUT2D eigenvalue weighted by molar-refractivity contribution is 14.0. The molecular weight excluding hydrogens is 361 g/mol. The Kier molecular flexibility index (Phi) is 6.73. The molecule has 2 aromatic rings. The van der Waals surface area contributed by atoms with Crippen LogP contribution in [0.2, 0.25) is 0 Å². The van der Waals surface area contributed by atoms with E-state index in [4.69, 9.17) is 0 Å². The average molecular weight is 377 g/mol. The number of nitrogens with zero attached hydrogens (tertiary/aromatic N) is 2. The number of aromatic amines is 1. The van der Waals surface area contributed by atoms with Crippen molar-refractivity contribution in [3.05, 3.63) is 40.3 Å². The third kappa shape index (κ3) is 4.65. The predicted molar refractivity (Wildman–Crippen MR) is 85.4 cm³/mol. The van der Waals surface area contributed by atoms with E-state index in [0.29, 0.717) is 6.54 Å². The molecule has 0 aromatic carbocycles. The summed E-state index contributed by atoms with van der Waals surface area (Å²) in [6.45, 7) is 1.48. The summed E-state index contributed by atoms with van der Waals surface area (Å²) < 4.78 is 0. The number of aliphatic imine (C=N–C) groups is 1. The summed E-state index contributed by atoms with van der Waals surface area (Å²) in [5.41, 5.74) is 1.03. The zero-order chi connectivity index (χ0) is 11.9. The van der Waals surface area contributed by atoms with Gasteiger partial charge in [-0.15, -0.1) is 35.3 Å². The van der Waals surface area contributed by atoms with Gasteiger partial charge in [-0.25, -0.2) is 0 Å². The molecule has 0 aliphatic heterocycles. The second kappa shape index (κ2) is 8.09. The van der Waals surface area contributed by atoms with Gasteiger partial charge in [0.25, 0.3) is 0 Å². The van der Waals surface area contributed by atoms with Crippen LogP contribution in [-0.2, 0) is 13.1 Å². The number of hydrogen-bond donors (Lipinski definition) is 3. The van der Waals surface area contributed by atoms with Crippen LogP contribution in [-0.4, -0.2) is 23.2 Å². The molecule has 0 unspecified atom stereocenters. The smallest absolute Gasteiger partial charge is 0.191 e. The minimum Gasteiger partial charge on any atom is -0.352 e. The standard InChI is InChI=1S/C11H15N5S.HI/c1-12-11(13-7-9-4-5-15-16-9)14-8-10-3-2-6-17-10;/h2-6H,7-8H2,1H3,(H,15,16)(H2,12,13,14);1H. The van der Waals surface area contributed by atoms with Crippen LogP contribution in [0.4, 0.5) is 0 Å². The topological polar surface area (TPSA) is 65.1 Å². The zero-order valence-corrected chi connectivity index (χ0v) is 13.2. The third-order valence-corrected chi connectivity index (χ3v) is 3.11. The van der Waals surface area contributed by atoms with Crippen LogP contribution < -0.4 is 10.6 Å². The average Bonchev–Trinajstić information content (AvgIpc) is 3.02. The van der Waals surface area contributed by atoms with E-state index in [9.17, 15) is 0 Å². The van der Waals surface area contributed by atoms with Crippen molar-refractivity contribution >= 4 is 41.3 Å². The summed E-state index contributed by atoms with van der Waals surface area (Å²) in [6, 6.07) is 6.07. The molecule has 7 heteroatoms. The van der Waals surface area contributed by atoms with Gasteiger partial charge < -0.3 is 10.6 Å². The molecule has 0 fully saturated rings. The van der Waals surface area contributed by atoms with Crippen molar-refractivity contribution < 1.29 is 0 Å². The third-order valence-electron chi connectivity index (χ3n) is 2.24. The van der Waals surface area contributed by atoms with E-state index in [1.165, 1.54) is 4.88 Å². The van der Waals surface area contributed by atoms with Gasteiger partial charge >= 0.3 is 0 Å². The SMILES string of the molecule is CN=C(NCc1ccn[nH]1)NCc1cccs1.I. The molecule has 3 N–H and O–H groups in total.